The van der Waals surface area contributed by atoms with Gasteiger partial charge in [-0.3, -0.25) is 14.4 Å². The van der Waals surface area contributed by atoms with E-state index in [4.69, 9.17) is 4.74 Å². The number of nitrogens with one attached hydrogen (secondary N) is 1. The molecule has 29 heavy (non-hydrogen) atoms. The largest absolute Gasteiger partial charge is 0.481 e. The molecule has 0 atom stereocenters. The second-order valence-electron chi connectivity index (χ2n) is 7.86. The van der Waals surface area contributed by atoms with Crippen molar-refractivity contribution >= 4 is 11.9 Å². The van der Waals surface area contributed by atoms with Crippen LogP contribution in [-0.4, -0.2) is 40.3 Å². The zero-order valence-electron chi connectivity index (χ0n) is 17.9. The van der Waals surface area contributed by atoms with Gasteiger partial charge in [0, 0.05) is 25.5 Å². The number of carbonyl (C=O) groups excluding carboxylic acids is 1. The van der Waals surface area contributed by atoms with Crippen molar-refractivity contribution < 1.29 is 19.4 Å². The minimum absolute atomic E-state index is 0.106. The average molecular weight is 407 g/mol. The van der Waals surface area contributed by atoms with E-state index in [1.54, 1.807) is 10.6 Å². The molecule has 1 saturated heterocycles. The number of aryl methyl sites for hydroxylation is 1. The monoisotopic (exact) mass is 406 g/mol. The summed E-state index contributed by atoms with van der Waals surface area (Å²) in [5.74, 6) is -1.46. The van der Waals surface area contributed by atoms with Gasteiger partial charge in [0.15, 0.2) is 0 Å². The summed E-state index contributed by atoms with van der Waals surface area (Å²) < 4.78 is 7.11. The molecular weight excluding hydrogens is 372 g/mol. The van der Waals surface area contributed by atoms with Crippen molar-refractivity contribution in [2.24, 2.45) is 0 Å². The van der Waals surface area contributed by atoms with E-state index in [-0.39, 0.29) is 17.5 Å². The highest BCUT2D eigenvalue weighted by atomic mass is 16.5. The SMILES string of the molecule is CCCCn1c(CCC)c(CC)cc(C(=O)NC2(CC(=O)O)CCOCC2)c1=O. The number of hydrogen-bond donors (Lipinski definition) is 2. The lowest BCUT2D eigenvalue weighted by Gasteiger charge is -2.36. The maximum absolute atomic E-state index is 13.2. The summed E-state index contributed by atoms with van der Waals surface area (Å²) in [7, 11) is 0. The van der Waals surface area contributed by atoms with E-state index in [1.165, 1.54) is 0 Å². The zero-order valence-corrected chi connectivity index (χ0v) is 17.9. The molecule has 1 aromatic rings. The van der Waals surface area contributed by atoms with Gasteiger partial charge in [-0.2, -0.15) is 0 Å². The van der Waals surface area contributed by atoms with E-state index in [9.17, 15) is 19.5 Å². The van der Waals surface area contributed by atoms with Gasteiger partial charge in [-0.05, 0) is 43.7 Å². The second kappa shape index (κ2) is 10.6. The summed E-state index contributed by atoms with van der Waals surface area (Å²) in [6.45, 7) is 7.55. The van der Waals surface area contributed by atoms with Gasteiger partial charge in [0.1, 0.15) is 5.56 Å². The predicted molar refractivity (Wildman–Crippen MR) is 111 cm³/mol. The molecule has 0 saturated carbocycles. The van der Waals surface area contributed by atoms with Crippen LogP contribution in [0.5, 0.6) is 0 Å². The van der Waals surface area contributed by atoms with Crippen LogP contribution in [0, 0.1) is 0 Å². The Hall–Kier alpha value is -2.15. The van der Waals surface area contributed by atoms with Crippen LogP contribution in [-0.2, 0) is 28.9 Å². The fourth-order valence-electron chi connectivity index (χ4n) is 4.02. The Balaban J connectivity index is 2.44. The van der Waals surface area contributed by atoms with Gasteiger partial charge in [0.2, 0.25) is 0 Å². The van der Waals surface area contributed by atoms with Gasteiger partial charge in [0.05, 0.1) is 12.0 Å². The Bertz CT molecular complexity index is 778. The highest BCUT2D eigenvalue weighted by Gasteiger charge is 2.37. The number of carboxylic acids is 1. The number of carbonyl (C=O) groups is 2. The summed E-state index contributed by atoms with van der Waals surface area (Å²) in [6, 6.07) is 1.71. The van der Waals surface area contributed by atoms with Crippen LogP contribution in [0.15, 0.2) is 10.9 Å². The quantitative estimate of drug-likeness (QED) is 0.623. The summed E-state index contributed by atoms with van der Waals surface area (Å²) in [5, 5.41) is 12.2. The Morgan fingerprint density at radius 2 is 1.90 bits per heavy atom. The van der Waals surface area contributed by atoms with E-state index in [0.29, 0.717) is 32.6 Å². The van der Waals surface area contributed by atoms with Gasteiger partial charge in [0.25, 0.3) is 11.5 Å². The number of hydrogen-bond acceptors (Lipinski definition) is 4. The van der Waals surface area contributed by atoms with Crippen molar-refractivity contribution in [3.05, 3.63) is 33.2 Å². The molecule has 0 bridgehead atoms. The Kier molecular flexibility index (Phi) is 8.44. The molecule has 7 nitrogen and oxygen atoms in total. The first kappa shape index (κ1) is 23.1. The van der Waals surface area contributed by atoms with Gasteiger partial charge in [-0.1, -0.05) is 33.6 Å². The fourth-order valence-corrected chi connectivity index (χ4v) is 4.02. The number of aromatic nitrogens is 1. The van der Waals surface area contributed by atoms with Gasteiger partial charge in [-0.25, -0.2) is 0 Å². The number of rotatable bonds is 10. The minimum Gasteiger partial charge on any atom is -0.481 e. The normalized spacial score (nSPS) is 15.8. The first-order valence-electron chi connectivity index (χ1n) is 10.7. The van der Waals surface area contributed by atoms with Crippen LogP contribution in [0.3, 0.4) is 0 Å². The maximum Gasteiger partial charge on any atom is 0.305 e. The van der Waals surface area contributed by atoms with Crippen molar-refractivity contribution in [2.45, 2.75) is 84.2 Å². The molecule has 2 rings (SSSR count). The highest BCUT2D eigenvalue weighted by molar-refractivity contribution is 5.95. The van der Waals surface area contributed by atoms with Gasteiger partial charge in [-0.15, -0.1) is 0 Å². The van der Waals surface area contributed by atoms with Crippen LogP contribution in [0.1, 0.15) is 80.9 Å². The van der Waals surface area contributed by atoms with Crippen LogP contribution in [0.4, 0.5) is 0 Å². The molecule has 0 unspecified atom stereocenters. The number of carboxylic acid groups (broad SMARTS) is 1. The van der Waals surface area contributed by atoms with Crippen molar-refractivity contribution in [2.75, 3.05) is 13.2 Å². The van der Waals surface area contributed by atoms with Crippen LogP contribution in [0.25, 0.3) is 0 Å². The van der Waals surface area contributed by atoms with Crippen molar-refractivity contribution in [3.63, 3.8) is 0 Å². The molecule has 0 radical (unpaired) electrons. The Morgan fingerprint density at radius 1 is 1.21 bits per heavy atom. The lowest BCUT2D eigenvalue weighted by molar-refractivity contribution is -0.139. The number of nitrogens with zero attached hydrogens (tertiary/aromatic N) is 1. The molecule has 2 heterocycles. The first-order chi connectivity index (χ1) is 13.9. The third kappa shape index (κ3) is 5.69. The number of ether oxygens (including phenoxy) is 1. The lowest BCUT2D eigenvalue weighted by atomic mass is 9.86. The molecule has 162 valence electrons. The van der Waals surface area contributed by atoms with E-state index in [1.807, 2.05) is 6.92 Å². The Labute approximate surface area is 172 Å². The predicted octanol–water partition coefficient (Wildman–Crippen LogP) is 2.92. The minimum atomic E-state index is -0.972. The molecule has 0 aliphatic carbocycles. The smallest absolute Gasteiger partial charge is 0.305 e. The van der Waals surface area contributed by atoms with Crippen LogP contribution >= 0.6 is 0 Å². The topological polar surface area (TPSA) is 97.6 Å². The second-order valence-corrected chi connectivity index (χ2v) is 7.86. The standard InChI is InChI=1S/C22H34N2O5/c1-4-7-11-24-18(8-5-2)16(6-3)14-17(21(24)28)20(27)23-22(15-19(25)26)9-12-29-13-10-22/h14H,4-13,15H2,1-3H3,(H,23,27)(H,25,26). The molecule has 0 aromatic carbocycles. The lowest BCUT2D eigenvalue weighted by Crippen LogP contribution is -2.54. The van der Waals surface area contributed by atoms with E-state index in [2.05, 4.69) is 19.2 Å². The molecule has 1 fully saturated rings. The molecule has 2 N–H and O–H groups in total. The van der Waals surface area contributed by atoms with Crippen molar-refractivity contribution in [1.82, 2.24) is 9.88 Å². The van der Waals surface area contributed by atoms with Crippen molar-refractivity contribution in [3.8, 4) is 0 Å². The molecule has 0 spiro atoms. The molecular formula is C22H34N2O5. The van der Waals surface area contributed by atoms with Gasteiger partial charge < -0.3 is 19.7 Å². The zero-order chi connectivity index (χ0) is 21.4. The summed E-state index contributed by atoms with van der Waals surface area (Å²) in [4.78, 5) is 37.7. The first-order valence-corrected chi connectivity index (χ1v) is 10.7. The number of amides is 1. The average Bonchev–Trinajstić information content (AvgIpc) is 2.68. The molecule has 1 amide bonds. The number of aliphatic carboxylic acids is 1. The highest BCUT2D eigenvalue weighted by Crippen LogP contribution is 2.25. The van der Waals surface area contributed by atoms with Crippen LogP contribution in [0.2, 0.25) is 0 Å². The van der Waals surface area contributed by atoms with E-state index < -0.39 is 17.4 Å². The molecule has 7 heteroatoms. The van der Waals surface area contributed by atoms with Crippen molar-refractivity contribution in [1.29, 1.82) is 0 Å². The van der Waals surface area contributed by atoms with Gasteiger partial charge >= 0.3 is 5.97 Å². The summed E-state index contributed by atoms with van der Waals surface area (Å²) in [5.41, 5.74) is 0.961. The number of unbranched alkanes of at least 4 members (excludes halogenated alkanes) is 1. The molecule has 1 aliphatic rings. The summed E-state index contributed by atoms with van der Waals surface area (Å²) in [6.07, 6.45) is 4.93. The van der Waals surface area contributed by atoms with Crippen LogP contribution < -0.4 is 10.9 Å². The summed E-state index contributed by atoms with van der Waals surface area (Å²) >= 11 is 0. The Morgan fingerprint density at radius 3 is 2.45 bits per heavy atom. The third-order valence-corrected chi connectivity index (χ3v) is 5.66. The third-order valence-electron chi connectivity index (χ3n) is 5.66. The fraction of sp³-hybridized carbons (Fsp3) is 0.682. The molecule has 1 aromatic heterocycles. The maximum atomic E-state index is 13.2. The number of pyridine rings is 1. The molecule has 1 aliphatic heterocycles. The van der Waals surface area contributed by atoms with E-state index >= 15 is 0 Å². The van der Waals surface area contributed by atoms with E-state index in [0.717, 1.165) is 43.4 Å².